The molecule has 1 aromatic rings. The highest BCUT2D eigenvalue weighted by Gasteiger charge is 2.38. The molecule has 3 atom stereocenters. The fourth-order valence-corrected chi connectivity index (χ4v) is 2.43. The molecule has 0 spiro atoms. The summed E-state index contributed by atoms with van der Waals surface area (Å²) in [6.07, 6.45) is -2.06. The van der Waals surface area contributed by atoms with Crippen molar-refractivity contribution in [3.8, 4) is 0 Å². The summed E-state index contributed by atoms with van der Waals surface area (Å²) in [4.78, 5) is 0. The lowest BCUT2D eigenvalue weighted by atomic mass is 10.1. The van der Waals surface area contributed by atoms with Crippen molar-refractivity contribution in [2.24, 2.45) is 0 Å². The molecule has 1 heterocycles. The van der Waals surface area contributed by atoms with E-state index in [1.165, 1.54) is 0 Å². The minimum absolute atomic E-state index is 0.506. The molecule has 0 amide bonds. The number of nitrogens with one attached hydrogen (secondary N) is 1. The van der Waals surface area contributed by atoms with E-state index in [0.29, 0.717) is 11.3 Å². The van der Waals surface area contributed by atoms with Crippen LogP contribution in [0.5, 0.6) is 0 Å². The van der Waals surface area contributed by atoms with Gasteiger partial charge in [0.15, 0.2) is 12.5 Å². The number of ether oxygens (including phenoxy) is 2. The SMILES string of the molecule is COS(=O)(=O)NC1OC(C)OC1c1ccccc1N. The summed E-state index contributed by atoms with van der Waals surface area (Å²) >= 11 is 0. The Morgan fingerprint density at radius 2 is 2.00 bits per heavy atom. The van der Waals surface area contributed by atoms with Crippen molar-refractivity contribution in [3.63, 3.8) is 0 Å². The fourth-order valence-electron chi connectivity index (χ4n) is 1.87. The molecular formula is C11H16N2O5S. The van der Waals surface area contributed by atoms with Crippen LogP contribution in [-0.2, 0) is 24.0 Å². The molecule has 3 unspecified atom stereocenters. The normalized spacial score (nSPS) is 27.6. The topological polar surface area (TPSA) is 99.9 Å². The molecule has 0 bridgehead atoms. The molecule has 3 N–H and O–H groups in total. The van der Waals surface area contributed by atoms with Crippen molar-refractivity contribution in [1.82, 2.24) is 4.72 Å². The molecular weight excluding hydrogens is 272 g/mol. The van der Waals surface area contributed by atoms with Crippen molar-refractivity contribution in [2.45, 2.75) is 25.5 Å². The molecule has 106 valence electrons. The van der Waals surface area contributed by atoms with Gasteiger partial charge in [-0.25, -0.2) is 0 Å². The summed E-state index contributed by atoms with van der Waals surface area (Å²) < 4.78 is 40.4. The Kier molecular flexibility index (Phi) is 4.07. The van der Waals surface area contributed by atoms with Crippen LogP contribution < -0.4 is 10.5 Å². The van der Waals surface area contributed by atoms with Crippen molar-refractivity contribution in [2.75, 3.05) is 12.8 Å². The summed E-state index contributed by atoms with van der Waals surface area (Å²) in [6, 6.07) is 7.05. The van der Waals surface area contributed by atoms with Gasteiger partial charge in [-0.05, 0) is 13.0 Å². The summed E-state index contributed by atoms with van der Waals surface area (Å²) in [6.45, 7) is 1.67. The quantitative estimate of drug-likeness (QED) is 0.783. The number of anilines is 1. The molecule has 1 saturated heterocycles. The van der Waals surface area contributed by atoms with E-state index in [1.54, 1.807) is 31.2 Å². The van der Waals surface area contributed by atoms with E-state index < -0.39 is 28.9 Å². The van der Waals surface area contributed by atoms with Crippen LogP contribution in [0.1, 0.15) is 18.6 Å². The third-order valence-corrected chi connectivity index (χ3v) is 3.69. The standard InChI is InChI=1S/C11H16N2O5S/c1-7-17-10(8-5-3-4-6-9(8)12)11(18-7)13-19(14,15)16-2/h3-7,10-11,13H,12H2,1-2H3. The number of para-hydroxylation sites is 1. The van der Waals surface area contributed by atoms with Gasteiger partial charge in [0.05, 0.1) is 7.11 Å². The molecule has 0 aromatic heterocycles. The van der Waals surface area contributed by atoms with Crippen molar-refractivity contribution in [3.05, 3.63) is 29.8 Å². The van der Waals surface area contributed by atoms with Gasteiger partial charge >= 0.3 is 10.3 Å². The second-order valence-electron chi connectivity index (χ2n) is 4.05. The van der Waals surface area contributed by atoms with Crippen molar-refractivity contribution >= 4 is 16.0 Å². The Morgan fingerprint density at radius 1 is 1.32 bits per heavy atom. The second-order valence-corrected chi connectivity index (χ2v) is 5.53. The van der Waals surface area contributed by atoms with E-state index in [2.05, 4.69) is 8.91 Å². The van der Waals surface area contributed by atoms with E-state index in [4.69, 9.17) is 15.2 Å². The predicted octanol–water partition coefficient (Wildman–Crippen LogP) is 0.510. The Labute approximate surface area is 111 Å². The zero-order valence-corrected chi connectivity index (χ0v) is 11.4. The van der Waals surface area contributed by atoms with Crippen LogP contribution in [0, 0.1) is 0 Å². The molecule has 19 heavy (non-hydrogen) atoms. The third-order valence-electron chi connectivity index (χ3n) is 2.73. The van der Waals surface area contributed by atoms with Gasteiger partial charge in [0.1, 0.15) is 6.10 Å². The summed E-state index contributed by atoms with van der Waals surface area (Å²) in [7, 11) is -2.81. The highest BCUT2D eigenvalue weighted by atomic mass is 32.2. The van der Waals surface area contributed by atoms with Crippen LogP contribution in [-0.4, -0.2) is 28.0 Å². The Balaban J connectivity index is 2.26. The smallest absolute Gasteiger partial charge is 0.337 e. The average Bonchev–Trinajstić information content (AvgIpc) is 2.70. The van der Waals surface area contributed by atoms with E-state index in [9.17, 15) is 8.42 Å². The Morgan fingerprint density at radius 3 is 2.63 bits per heavy atom. The maximum absolute atomic E-state index is 11.4. The summed E-state index contributed by atoms with van der Waals surface area (Å²) in [5.41, 5.74) is 7.03. The number of rotatable bonds is 4. The molecule has 8 heteroatoms. The molecule has 0 radical (unpaired) electrons. The summed E-state index contributed by atoms with van der Waals surface area (Å²) in [5, 5.41) is 0. The van der Waals surface area contributed by atoms with Crippen molar-refractivity contribution < 1.29 is 22.1 Å². The highest BCUT2D eigenvalue weighted by Crippen LogP contribution is 2.34. The minimum atomic E-state index is -3.88. The first-order valence-corrected chi connectivity index (χ1v) is 7.07. The zero-order valence-electron chi connectivity index (χ0n) is 10.6. The predicted molar refractivity (Wildman–Crippen MR) is 68.1 cm³/mol. The van der Waals surface area contributed by atoms with Crippen LogP contribution >= 0.6 is 0 Å². The molecule has 1 aliphatic rings. The molecule has 1 aliphatic heterocycles. The van der Waals surface area contributed by atoms with Gasteiger partial charge < -0.3 is 15.2 Å². The second kappa shape index (κ2) is 5.43. The van der Waals surface area contributed by atoms with Gasteiger partial charge in [-0.15, -0.1) is 0 Å². The maximum atomic E-state index is 11.4. The first kappa shape index (κ1) is 14.2. The molecule has 1 aromatic carbocycles. The van der Waals surface area contributed by atoms with Crippen LogP contribution in [0.25, 0.3) is 0 Å². The number of nitrogen functional groups attached to an aromatic ring is 1. The average molecular weight is 288 g/mol. The first-order valence-electron chi connectivity index (χ1n) is 5.66. The number of benzene rings is 1. The van der Waals surface area contributed by atoms with Gasteiger partial charge in [-0.3, -0.25) is 4.18 Å². The van der Waals surface area contributed by atoms with E-state index >= 15 is 0 Å². The maximum Gasteiger partial charge on any atom is 0.337 e. The van der Waals surface area contributed by atoms with Crippen molar-refractivity contribution in [1.29, 1.82) is 0 Å². The molecule has 7 nitrogen and oxygen atoms in total. The highest BCUT2D eigenvalue weighted by molar-refractivity contribution is 7.84. The number of hydrogen-bond donors (Lipinski definition) is 2. The molecule has 1 fully saturated rings. The molecule has 0 saturated carbocycles. The first-order chi connectivity index (χ1) is 8.93. The van der Waals surface area contributed by atoms with Gasteiger partial charge in [-0.1, -0.05) is 18.2 Å². The Bertz CT molecular complexity index is 548. The number of hydrogen-bond acceptors (Lipinski definition) is 6. The molecule has 0 aliphatic carbocycles. The fraction of sp³-hybridized carbons (Fsp3) is 0.455. The molecule has 2 rings (SSSR count). The zero-order chi connectivity index (χ0) is 14.0. The van der Waals surface area contributed by atoms with Gasteiger partial charge in [-0.2, -0.15) is 13.1 Å². The van der Waals surface area contributed by atoms with Crippen LogP contribution in [0.2, 0.25) is 0 Å². The van der Waals surface area contributed by atoms with Crippen LogP contribution in [0.4, 0.5) is 5.69 Å². The largest absolute Gasteiger partial charge is 0.398 e. The number of nitrogens with two attached hydrogens (primary N) is 1. The Hall–Kier alpha value is -1.19. The van der Waals surface area contributed by atoms with Gasteiger partial charge in [0.2, 0.25) is 0 Å². The lowest BCUT2D eigenvalue weighted by molar-refractivity contribution is -0.0522. The minimum Gasteiger partial charge on any atom is -0.398 e. The summed E-state index contributed by atoms with van der Waals surface area (Å²) in [5.74, 6) is 0. The monoisotopic (exact) mass is 288 g/mol. The lowest BCUT2D eigenvalue weighted by Gasteiger charge is -2.18. The van der Waals surface area contributed by atoms with Crippen LogP contribution in [0.3, 0.4) is 0 Å². The van der Waals surface area contributed by atoms with Crippen LogP contribution in [0.15, 0.2) is 24.3 Å². The van der Waals surface area contributed by atoms with E-state index in [-0.39, 0.29) is 0 Å². The third kappa shape index (κ3) is 3.23. The van der Waals surface area contributed by atoms with Gasteiger partial charge in [0.25, 0.3) is 0 Å². The lowest BCUT2D eigenvalue weighted by Crippen LogP contribution is -2.38. The van der Waals surface area contributed by atoms with Gasteiger partial charge in [0, 0.05) is 11.3 Å². The van der Waals surface area contributed by atoms with E-state index in [0.717, 1.165) is 7.11 Å². The van der Waals surface area contributed by atoms with E-state index in [1.807, 2.05) is 0 Å².